The van der Waals surface area contributed by atoms with Gasteiger partial charge in [0.15, 0.2) is 5.78 Å². The summed E-state index contributed by atoms with van der Waals surface area (Å²) in [6.45, 7) is 7.48. The molecule has 0 aliphatic carbocycles. The third kappa shape index (κ3) is 2.67. The molecule has 0 aromatic heterocycles. The molecule has 3 heteroatoms. The van der Waals surface area contributed by atoms with Crippen LogP contribution in [0.4, 0.5) is 4.39 Å². The Bertz CT molecular complexity index is 397. The van der Waals surface area contributed by atoms with E-state index < -0.39 is 5.60 Å². The van der Waals surface area contributed by atoms with Gasteiger partial charge in [-0.2, -0.15) is 0 Å². The Kier molecular flexibility index (Phi) is 3.81. The number of ether oxygens (including phenoxy) is 1. The lowest BCUT2D eigenvalue weighted by Gasteiger charge is -2.23. The van der Waals surface area contributed by atoms with Crippen molar-refractivity contribution in [3.63, 3.8) is 0 Å². The summed E-state index contributed by atoms with van der Waals surface area (Å²) in [6.07, 6.45) is 0. The van der Waals surface area contributed by atoms with Gasteiger partial charge in [0.25, 0.3) is 0 Å². The summed E-state index contributed by atoms with van der Waals surface area (Å²) >= 11 is 0. The molecule has 16 heavy (non-hydrogen) atoms. The van der Waals surface area contributed by atoms with Gasteiger partial charge in [0, 0.05) is 12.2 Å². The molecule has 0 saturated heterocycles. The standard InChI is InChI=1S/C13H17FO2/c1-5-16-13(3,4)12(15)11-7-6-10(14)8-9(11)2/h6-8H,5H2,1-4H3. The minimum Gasteiger partial charge on any atom is -0.368 e. The zero-order valence-corrected chi connectivity index (χ0v) is 10.1. The van der Waals surface area contributed by atoms with E-state index in [0.717, 1.165) is 0 Å². The molecule has 0 amide bonds. The molecule has 0 unspecified atom stereocenters. The van der Waals surface area contributed by atoms with Crippen LogP contribution in [0.5, 0.6) is 0 Å². The zero-order valence-electron chi connectivity index (χ0n) is 10.1. The Morgan fingerprint density at radius 1 is 1.44 bits per heavy atom. The summed E-state index contributed by atoms with van der Waals surface area (Å²) in [5, 5.41) is 0. The summed E-state index contributed by atoms with van der Waals surface area (Å²) in [5.41, 5.74) is 0.287. The number of hydrogen-bond donors (Lipinski definition) is 0. The van der Waals surface area contributed by atoms with Crippen LogP contribution in [0.2, 0.25) is 0 Å². The molecule has 0 heterocycles. The number of halogens is 1. The summed E-state index contributed by atoms with van der Waals surface area (Å²) in [6, 6.07) is 4.16. The van der Waals surface area contributed by atoms with Gasteiger partial charge >= 0.3 is 0 Å². The number of ketones is 1. The number of hydrogen-bond acceptors (Lipinski definition) is 2. The molecular weight excluding hydrogens is 207 g/mol. The van der Waals surface area contributed by atoms with Crippen molar-refractivity contribution in [2.24, 2.45) is 0 Å². The highest BCUT2D eigenvalue weighted by Gasteiger charge is 2.29. The van der Waals surface area contributed by atoms with Crippen LogP contribution >= 0.6 is 0 Å². The topological polar surface area (TPSA) is 26.3 Å². The molecular formula is C13H17FO2. The fourth-order valence-electron chi connectivity index (χ4n) is 1.63. The molecule has 1 aromatic rings. The molecule has 1 aromatic carbocycles. The SMILES string of the molecule is CCOC(C)(C)C(=O)c1ccc(F)cc1C. The fourth-order valence-corrected chi connectivity index (χ4v) is 1.63. The molecule has 0 atom stereocenters. The van der Waals surface area contributed by atoms with Gasteiger partial charge in [-0.15, -0.1) is 0 Å². The number of aryl methyl sites for hydroxylation is 1. The van der Waals surface area contributed by atoms with E-state index in [0.29, 0.717) is 17.7 Å². The maximum Gasteiger partial charge on any atom is 0.194 e. The summed E-state index contributed by atoms with van der Waals surface area (Å²) < 4.78 is 18.3. The van der Waals surface area contributed by atoms with Crippen molar-refractivity contribution >= 4 is 5.78 Å². The maximum absolute atomic E-state index is 12.9. The number of carbonyl (C=O) groups excluding carboxylic acids is 1. The van der Waals surface area contributed by atoms with Gasteiger partial charge in [0.05, 0.1) is 0 Å². The van der Waals surface area contributed by atoms with Gasteiger partial charge in [0.1, 0.15) is 11.4 Å². The van der Waals surface area contributed by atoms with Crippen molar-refractivity contribution in [1.29, 1.82) is 0 Å². The van der Waals surface area contributed by atoms with E-state index in [-0.39, 0.29) is 11.6 Å². The van der Waals surface area contributed by atoms with Crippen LogP contribution in [0, 0.1) is 12.7 Å². The number of rotatable bonds is 4. The Balaban J connectivity index is 3.05. The minimum absolute atomic E-state index is 0.119. The first-order valence-electron chi connectivity index (χ1n) is 5.33. The van der Waals surface area contributed by atoms with E-state index in [1.54, 1.807) is 20.8 Å². The lowest BCUT2D eigenvalue weighted by molar-refractivity contribution is 0.00120. The van der Waals surface area contributed by atoms with Gasteiger partial charge in [-0.25, -0.2) is 4.39 Å². The van der Waals surface area contributed by atoms with Crippen LogP contribution in [0.3, 0.4) is 0 Å². The van der Waals surface area contributed by atoms with Crippen molar-refractivity contribution in [1.82, 2.24) is 0 Å². The lowest BCUT2D eigenvalue weighted by Crippen LogP contribution is -2.35. The molecule has 0 aliphatic heterocycles. The molecule has 0 fully saturated rings. The zero-order chi connectivity index (χ0) is 12.3. The Morgan fingerprint density at radius 3 is 2.56 bits per heavy atom. The smallest absolute Gasteiger partial charge is 0.194 e. The molecule has 0 aliphatic rings. The second kappa shape index (κ2) is 4.74. The third-order valence-corrected chi connectivity index (χ3v) is 2.49. The predicted molar refractivity (Wildman–Crippen MR) is 61.2 cm³/mol. The van der Waals surface area contributed by atoms with Crippen molar-refractivity contribution in [3.8, 4) is 0 Å². The minimum atomic E-state index is -0.864. The monoisotopic (exact) mass is 224 g/mol. The van der Waals surface area contributed by atoms with Crippen molar-refractivity contribution in [3.05, 3.63) is 35.1 Å². The van der Waals surface area contributed by atoms with Gasteiger partial charge in [0.2, 0.25) is 0 Å². The maximum atomic E-state index is 12.9. The largest absolute Gasteiger partial charge is 0.368 e. The second-order valence-electron chi connectivity index (χ2n) is 4.23. The molecule has 0 N–H and O–H groups in total. The third-order valence-electron chi connectivity index (χ3n) is 2.49. The second-order valence-corrected chi connectivity index (χ2v) is 4.23. The quantitative estimate of drug-likeness (QED) is 0.734. The highest BCUT2D eigenvalue weighted by Crippen LogP contribution is 2.20. The highest BCUT2D eigenvalue weighted by atomic mass is 19.1. The van der Waals surface area contributed by atoms with Crippen molar-refractivity contribution < 1.29 is 13.9 Å². The molecule has 2 nitrogen and oxygen atoms in total. The van der Waals surface area contributed by atoms with Crippen LogP contribution in [-0.2, 0) is 4.74 Å². The van der Waals surface area contributed by atoms with Gasteiger partial charge in [-0.3, -0.25) is 4.79 Å². The molecule has 1 rings (SSSR count). The first-order chi connectivity index (χ1) is 7.38. The van der Waals surface area contributed by atoms with Crippen molar-refractivity contribution in [2.45, 2.75) is 33.3 Å². The van der Waals surface area contributed by atoms with Crippen LogP contribution in [0.15, 0.2) is 18.2 Å². The normalized spacial score (nSPS) is 11.6. The molecule has 0 radical (unpaired) electrons. The first kappa shape index (κ1) is 12.8. The summed E-state index contributed by atoms with van der Waals surface area (Å²) in [7, 11) is 0. The van der Waals surface area contributed by atoms with Gasteiger partial charge in [-0.05, 0) is 51.5 Å². The average Bonchev–Trinajstić information content (AvgIpc) is 2.16. The van der Waals surface area contributed by atoms with Crippen LogP contribution in [-0.4, -0.2) is 18.0 Å². The van der Waals surface area contributed by atoms with E-state index in [1.165, 1.54) is 18.2 Å². The van der Waals surface area contributed by atoms with E-state index in [4.69, 9.17) is 4.74 Å². The Hall–Kier alpha value is -1.22. The van der Waals surface area contributed by atoms with E-state index in [2.05, 4.69) is 0 Å². The molecule has 0 saturated carbocycles. The van der Waals surface area contributed by atoms with E-state index in [9.17, 15) is 9.18 Å². The fraction of sp³-hybridized carbons (Fsp3) is 0.462. The first-order valence-corrected chi connectivity index (χ1v) is 5.33. The van der Waals surface area contributed by atoms with Crippen LogP contribution in [0.25, 0.3) is 0 Å². The number of carbonyl (C=O) groups is 1. The average molecular weight is 224 g/mol. The van der Waals surface area contributed by atoms with Gasteiger partial charge < -0.3 is 4.74 Å². The molecule has 0 bridgehead atoms. The molecule has 88 valence electrons. The summed E-state index contributed by atoms with van der Waals surface area (Å²) in [4.78, 5) is 12.1. The number of benzene rings is 1. The van der Waals surface area contributed by atoms with E-state index in [1.807, 2.05) is 6.92 Å². The Labute approximate surface area is 95.4 Å². The summed E-state index contributed by atoms with van der Waals surface area (Å²) in [5.74, 6) is -0.449. The van der Waals surface area contributed by atoms with E-state index >= 15 is 0 Å². The Morgan fingerprint density at radius 2 is 2.06 bits per heavy atom. The predicted octanol–water partition coefficient (Wildman–Crippen LogP) is 3.13. The van der Waals surface area contributed by atoms with Gasteiger partial charge in [-0.1, -0.05) is 0 Å². The van der Waals surface area contributed by atoms with Crippen LogP contribution < -0.4 is 0 Å². The molecule has 0 spiro atoms. The van der Waals surface area contributed by atoms with Crippen LogP contribution in [0.1, 0.15) is 36.7 Å². The lowest BCUT2D eigenvalue weighted by atomic mass is 9.93. The highest BCUT2D eigenvalue weighted by molar-refractivity contribution is 6.03. The van der Waals surface area contributed by atoms with Crippen molar-refractivity contribution in [2.75, 3.05) is 6.61 Å². The number of Topliss-reactive ketones (excluding diaryl/α,β-unsaturated/α-hetero) is 1.